The quantitative estimate of drug-likeness (QED) is 0.789. The van der Waals surface area contributed by atoms with Gasteiger partial charge in [-0.1, -0.05) is 24.3 Å². The molecule has 0 saturated heterocycles. The molecule has 0 radical (unpaired) electrons. The van der Waals surface area contributed by atoms with E-state index in [9.17, 15) is 13.6 Å². The predicted octanol–water partition coefficient (Wildman–Crippen LogP) is 3.75. The minimum absolute atomic E-state index is 0.0762. The summed E-state index contributed by atoms with van der Waals surface area (Å²) in [6.45, 7) is -2.70. The minimum atomic E-state index is -2.85. The van der Waals surface area contributed by atoms with Crippen molar-refractivity contribution >= 4 is 21.8 Å². The Bertz CT molecular complexity index is 650. The summed E-state index contributed by atoms with van der Waals surface area (Å²) < 4.78 is 34.5. The number of alkyl halides is 2. The second-order valence-corrected chi connectivity index (χ2v) is 5.37. The standard InChI is InChI=1S/C16H14BrF2NO3/c17-13-3-1-2-4-14(13)22-10-15(21)20-9-11-5-7-12(8-6-11)23-16(18)19/h1-8,16H,9-10H2,(H,20,21). The fraction of sp³-hybridized carbons (Fsp3) is 0.188. The Morgan fingerprint density at radius 2 is 1.83 bits per heavy atom. The van der Waals surface area contributed by atoms with Crippen LogP contribution in [0.5, 0.6) is 11.5 Å². The van der Waals surface area contributed by atoms with Crippen LogP contribution < -0.4 is 14.8 Å². The Morgan fingerprint density at radius 1 is 1.13 bits per heavy atom. The molecule has 0 aliphatic heterocycles. The first kappa shape index (κ1) is 17.2. The van der Waals surface area contributed by atoms with Crippen molar-refractivity contribution in [1.82, 2.24) is 5.32 Å². The number of carbonyl (C=O) groups is 1. The van der Waals surface area contributed by atoms with Crippen LogP contribution >= 0.6 is 15.9 Å². The van der Waals surface area contributed by atoms with Gasteiger partial charge in [0.05, 0.1) is 4.47 Å². The number of amides is 1. The summed E-state index contributed by atoms with van der Waals surface area (Å²) in [4.78, 5) is 11.7. The Hall–Kier alpha value is -2.15. The summed E-state index contributed by atoms with van der Waals surface area (Å²) in [7, 11) is 0. The molecule has 0 heterocycles. The molecule has 4 nitrogen and oxygen atoms in total. The predicted molar refractivity (Wildman–Crippen MR) is 84.6 cm³/mol. The molecule has 7 heteroatoms. The van der Waals surface area contributed by atoms with E-state index in [2.05, 4.69) is 26.0 Å². The highest BCUT2D eigenvalue weighted by atomic mass is 79.9. The number of benzene rings is 2. The molecular weight excluding hydrogens is 372 g/mol. The maximum atomic E-state index is 12.0. The first-order chi connectivity index (χ1) is 11.0. The average Bonchev–Trinajstić information content (AvgIpc) is 2.53. The summed E-state index contributed by atoms with van der Waals surface area (Å²) in [5, 5.41) is 2.68. The topological polar surface area (TPSA) is 47.6 Å². The van der Waals surface area contributed by atoms with Gasteiger partial charge in [-0.25, -0.2) is 0 Å². The first-order valence-electron chi connectivity index (χ1n) is 6.72. The van der Waals surface area contributed by atoms with Crippen LogP contribution in [0.15, 0.2) is 53.0 Å². The third-order valence-electron chi connectivity index (χ3n) is 2.83. The van der Waals surface area contributed by atoms with E-state index in [1.54, 1.807) is 24.3 Å². The number of halogens is 3. The lowest BCUT2D eigenvalue weighted by atomic mass is 10.2. The SMILES string of the molecule is O=C(COc1ccccc1Br)NCc1ccc(OC(F)F)cc1. The van der Waals surface area contributed by atoms with Gasteiger partial charge in [-0.15, -0.1) is 0 Å². The number of hydrogen-bond acceptors (Lipinski definition) is 3. The van der Waals surface area contributed by atoms with Crippen LogP contribution in [0.25, 0.3) is 0 Å². The molecule has 23 heavy (non-hydrogen) atoms. The molecule has 1 amide bonds. The van der Waals surface area contributed by atoms with Crippen molar-refractivity contribution in [2.45, 2.75) is 13.2 Å². The van der Waals surface area contributed by atoms with Crippen LogP contribution in [0.2, 0.25) is 0 Å². The van der Waals surface area contributed by atoms with Gasteiger partial charge in [0.25, 0.3) is 5.91 Å². The summed E-state index contributed by atoms with van der Waals surface area (Å²) in [5.41, 5.74) is 0.765. The number of ether oxygens (including phenoxy) is 2. The van der Waals surface area contributed by atoms with Crippen LogP contribution in [-0.2, 0) is 11.3 Å². The molecule has 2 aromatic rings. The lowest BCUT2D eigenvalue weighted by Gasteiger charge is -2.09. The van der Waals surface area contributed by atoms with Crippen LogP contribution in [0.1, 0.15) is 5.56 Å². The molecule has 0 spiro atoms. The fourth-order valence-electron chi connectivity index (χ4n) is 1.75. The largest absolute Gasteiger partial charge is 0.483 e. The van der Waals surface area contributed by atoms with E-state index in [1.165, 1.54) is 12.1 Å². The first-order valence-corrected chi connectivity index (χ1v) is 7.51. The summed E-state index contributed by atoms with van der Waals surface area (Å²) in [6.07, 6.45) is 0. The van der Waals surface area contributed by atoms with Gasteiger partial charge in [0, 0.05) is 6.54 Å². The Labute approximate surface area is 140 Å². The molecule has 0 aliphatic rings. The van der Waals surface area contributed by atoms with Gasteiger partial charge in [0.1, 0.15) is 11.5 Å². The highest BCUT2D eigenvalue weighted by Crippen LogP contribution is 2.23. The van der Waals surface area contributed by atoms with Crippen LogP contribution in [0.4, 0.5) is 8.78 Å². The molecular formula is C16H14BrF2NO3. The molecule has 2 aromatic carbocycles. The van der Waals surface area contributed by atoms with Crippen LogP contribution in [0, 0.1) is 0 Å². The average molecular weight is 386 g/mol. The third-order valence-corrected chi connectivity index (χ3v) is 3.49. The van der Waals surface area contributed by atoms with Crippen molar-refractivity contribution in [3.8, 4) is 11.5 Å². The van der Waals surface area contributed by atoms with E-state index in [1.807, 2.05) is 12.1 Å². The van der Waals surface area contributed by atoms with Gasteiger partial charge in [-0.05, 0) is 45.8 Å². The number of para-hydroxylation sites is 1. The van der Waals surface area contributed by atoms with Crippen molar-refractivity contribution < 1.29 is 23.0 Å². The minimum Gasteiger partial charge on any atom is -0.483 e. The van der Waals surface area contributed by atoms with E-state index in [0.29, 0.717) is 5.75 Å². The Kier molecular flexibility index (Phi) is 6.34. The third kappa shape index (κ3) is 5.86. The molecule has 0 aliphatic carbocycles. The maximum Gasteiger partial charge on any atom is 0.387 e. The Balaban J connectivity index is 1.77. The number of nitrogens with one attached hydrogen (secondary N) is 1. The van der Waals surface area contributed by atoms with E-state index in [-0.39, 0.29) is 24.8 Å². The normalized spacial score (nSPS) is 10.4. The zero-order chi connectivity index (χ0) is 16.7. The second kappa shape index (κ2) is 8.47. The zero-order valence-electron chi connectivity index (χ0n) is 12.0. The summed E-state index contributed by atoms with van der Waals surface area (Å²) in [5.74, 6) is 0.372. The summed E-state index contributed by atoms with van der Waals surface area (Å²) >= 11 is 3.32. The molecule has 0 atom stereocenters. The van der Waals surface area contributed by atoms with E-state index in [0.717, 1.165) is 10.0 Å². The molecule has 0 unspecified atom stereocenters. The summed E-state index contributed by atoms with van der Waals surface area (Å²) in [6, 6.07) is 13.3. The number of rotatable bonds is 7. The van der Waals surface area contributed by atoms with Crippen molar-refractivity contribution in [1.29, 1.82) is 0 Å². The number of carbonyl (C=O) groups excluding carboxylic acids is 1. The van der Waals surface area contributed by atoms with Gasteiger partial charge < -0.3 is 14.8 Å². The van der Waals surface area contributed by atoms with Crippen molar-refractivity contribution in [3.63, 3.8) is 0 Å². The highest BCUT2D eigenvalue weighted by Gasteiger charge is 2.06. The Morgan fingerprint density at radius 3 is 2.48 bits per heavy atom. The van der Waals surface area contributed by atoms with Gasteiger partial charge in [-0.3, -0.25) is 4.79 Å². The highest BCUT2D eigenvalue weighted by molar-refractivity contribution is 9.10. The van der Waals surface area contributed by atoms with Gasteiger partial charge in [0.15, 0.2) is 6.61 Å². The molecule has 0 saturated carbocycles. The maximum absolute atomic E-state index is 12.0. The van der Waals surface area contributed by atoms with E-state index >= 15 is 0 Å². The molecule has 2 rings (SSSR count). The van der Waals surface area contributed by atoms with E-state index < -0.39 is 6.61 Å². The molecule has 0 bridgehead atoms. The fourth-order valence-corrected chi connectivity index (χ4v) is 2.14. The van der Waals surface area contributed by atoms with Crippen molar-refractivity contribution in [2.75, 3.05) is 6.61 Å². The van der Waals surface area contributed by atoms with Crippen LogP contribution in [-0.4, -0.2) is 19.1 Å². The monoisotopic (exact) mass is 385 g/mol. The zero-order valence-corrected chi connectivity index (χ0v) is 13.6. The van der Waals surface area contributed by atoms with E-state index in [4.69, 9.17) is 4.74 Å². The molecule has 0 aromatic heterocycles. The van der Waals surface area contributed by atoms with Gasteiger partial charge in [0.2, 0.25) is 0 Å². The molecule has 0 fully saturated rings. The molecule has 122 valence electrons. The van der Waals surface area contributed by atoms with Gasteiger partial charge in [-0.2, -0.15) is 8.78 Å². The smallest absolute Gasteiger partial charge is 0.387 e. The van der Waals surface area contributed by atoms with Crippen molar-refractivity contribution in [3.05, 3.63) is 58.6 Å². The lowest BCUT2D eigenvalue weighted by molar-refractivity contribution is -0.123. The van der Waals surface area contributed by atoms with Gasteiger partial charge >= 0.3 is 6.61 Å². The second-order valence-electron chi connectivity index (χ2n) is 4.52. The van der Waals surface area contributed by atoms with Crippen LogP contribution in [0.3, 0.4) is 0 Å². The molecule has 1 N–H and O–H groups in total. The number of hydrogen-bond donors (Lipinski definition) is 1. The van der Waals surface area contributed by atoms with Crippen molar-refractivity contribution in [2.24, 2.45) is 0 Å². The lowest BCUT2D eigenvalue weighted by Crippen LogP contribution is -2.28.